The third-order valence-electron chi connectivity index (χ3n) is 5.42. The molecule has 0 radical (unpaired) electrons. The van der Waals surface area contributed by atoms with Crippen molar-refractivity contribution in [1.82, 2.24) is 19.6 Å². The largest absolute Gasteiger partial charge is 0.348 e. The van der Waals surface area contributed by atoms with Gasteiger partial charge in [-0.05, 0) is 62.6 Å². The number of nitrogens with zero attached hydrogens (tertiary/aromatic N) is 3. The van der Waals surface area contributed by atoms with Gasteiger partial charge in [0.25, 0.3) is 5.91 Å². The molecule has 1 aliphatic heterocycles. The minimum atomic E-state index is -3.42. The summed E-state index contributed by atoms with van der Waals surface area (Å²) in [5, 5.41) is 2.87. The highest BCUT2D eigenvalue weighted by molar-refractivity contribution is 7.89. The fraction of sp³-hybridized carbons (Fsp3) is 0.318. The minimum absolute atomic E-state index is 0.217. The van der Waals surface area contributed by atoms with Crippen molar-refractivity contribution in [3.8, 4) is 0 Å². The SMILES string of the molecule is Cc1nc2ccc(C(=O)NCc3ccc(S(=O)(=O)N4CCCC4)cc3)cc2nc1C. The maximum absolute atomic E-state index is 12.6. The van der Waals surface area contributed by atoms with Crippen molar-refractivity contribution >= 4 is 27.0 Å². The van der Waals surface area contributed by atoms with E-state index in [4.69, 9.17) is 0 Å². The van der Waals surface area contributed by atoms with Crippen LogP contribution in [0.3, 0.4) is 0 Å². The summed E-state index contributed by atoms with van der Waals surface area (Å²) in [6.07, 6.45) is 1.81. The molecule has 0 unspecified atom stereocenters. The molecule has 156 valence electrons. The third-order valence-corrected chi connectivity index (χ3v) is 7.33. The van der Waals surface area contributed by atoms with Gasteiger partial charge in [0.1, 0.15) is 0 Å². The first-order valence-corrected chi connectivity index (χ1v) is 11.4. The Morgan fingerprint density at radius 3 is 2.27 bits per heavy atom. The van der Waals surface area contributed by atoms with Crippen molar-refractivity contribution in [1.29, 1.82) is 0 Å². The number of nitrogens with one attached hydrogen (secondary N) is 1. The fourth-order valence-corrected chi connectivity index (χ4v) is 5.03. The molecule has 0 atom stereocenters. The second kappa shape index (κ2) is 8.12. The molecule has 3 aromatic rings. The van der Waals surface area contributed by atoms with E-state index in [2.05, 4.69) is 15.3 Å². The van der Waals surface area contributed by atoms with Crippen molar-refractivity contribution in [2.24, 2.45) is 0 Å². The van der Waals surface area contributed by atoms with Gasteiger partial charge in [-0.15, -0.1) is 0 Å². The van der Waals surface area contributed by atoms with Crippen LogP contribution >= 0.6 is 0 Å². The summed E-state index contributed by atoms with van der Waals surface area (Å²) in [6.45, 7) is 5.26. The lowest BCUT2D eigenvalue weighted by atomic mass is 10.1. The van der Waals surface area contributed by atoms with Crippen LogP contribution in [0.25, 0.3) is 11.0 Å². The number of benzene rings is 2. The zero-order chi connectivity index (χ0) is 21.3. The van der Waals surface area contributed by atoms with Gasteiger partial charge in [-0.1, -0.05) is 12.1 Å². The maximum Gasteiger partial charge on any atom is 0.251 e. The van der Waals surface area contributed by atoms with Gasteiger partial charge in [0, 0.05) is 25.2 Å². The first-order valence-electron chi connectivity index (χ1n) is 9.97. The molecule has 8 heteroatoms. The molecule has 7 nitrogen and oxygen atoms in total. The van der Waals surface area contributed by atoms with Crippen molar-refractivity contribution in [2.45, 2.75) is 38.1 Å². The predicted octanol–water partition coefficient (Wildman–Crippen LogP) is 2.96. The molecule has 30 heavy (non-hydrogen) atoms. The van der Waals surface area contributed by atoms with Gasteiger partial charge in [0.15, 0.2) is 0 Å². The molecule has 0 aliphatic carbocycles. The Morgan fingerprint density at radius 2 is 1.60 bits per heavy atom. The Morgan fingerprint density at radius 1 is 0.967 bits per heavy atom. The maximum atomic E-state index is 12.6. The average Bonchev–Trinajstić information content (AvgIpc) is 3.29. The smallest absolute Gasteiger partial charge is 0.251 e. The first-order chi connectivity index (χ1) is 14.3. The standard InChI is InChI=1S/C22H24N4O3S/c1-15-16(2)25-21-13-18(7-10-20(21)24-15)22(27)23-14-17-5-8-19(9-6-17)30(28,29)26-11-3-4-12-26/h5-10,13H,3-4,11-12,14H2,1-2H3,(H,23,27). The molecule has 1 fully saturated rings. The summed E-state index contributed by atoms with van der Waals surface area (Å²) in [4.78, 5) is 21.8. The summed E-state index contributed by atoms with van der Waals surface area (Å²) < 4.78 is 26.7. The monoisotopic (exact) mass is 424 g/mol. The van der Waals surface area contributed by atoms with Crippen molar-refractivity contribution in [3.05, 3.63) is 65.0 Å². The van der Waals surface area contributed by atoms with Crippen LogP contribution in [0, 0.1) is 13.8 Å². The lowest BCUT2D eigenvalue weighted by Gasteiger charge is -2.15. The highest BCUT2D eigenvalue weighted by Gasteiger charge is 2.26. The van der Waals surface area contributed by atoms with E-state index in [1.54, 1.807) is 42.5 Å². The summed E-state index contributed by atoms with van der Waals surface area (Å²) in [5.41, 5.74) is 4.48. The topological polar surface area (TPSA) is 92.3 Å². The predicted molar refractivity (Wildman–Crippen MR) is 115 cm³/mol. The third kappa shape index (κ3) is 4.06. The fourth-order valence-electron chi connectivity index (χ4n) is 3.51. The molecule has 1 aromatic heterocycles. The van der Waals surface area contributed by atoms with E-state index in [9.17, 15) is 13.2 Å². The van der Waals surface area contributed by atoms with Gasteiger partial charge < -0.3 is 5.32 Å². The second-order valence-corrected chi connectivity index (χ2v) is 9.47. The van der Waals surface area contributed by atoms with E-state index in [0.717, 1.165) is 35.3 Å². The summed E-state index contributed by atoms with van der Waals surface area (Å²) in [6, 6.07) is 11.9. The minimum Gasteiger partial charge on any atom is -0.348 e. The molecule has 0 spiro atoms. The Bertz CT molecular complexity index is 1200. The number of rotatable bonds is 5. The Balaban J connectivity index is 1.43. The highest BCUT2D eigenvalue weighted by Crippen LogP contribution is 2.21. The molecule has 2 heterocycles. The van der Waals surface area contributed by atoms with Gasteiger partial charge in [-0.2, -0.15) is 4.31 Å². The van der Waals surface area contributed by atoms with Crippen molar-refractivity contribution < 1.29 is 13.2 Å². The Hall–Kier alpha value is -2.84. The number of carbonyl (C=O) groups is 1. The van der Waals surface area contributed by atoms with Crippen LogP contribution in [0.1, 0.15) is 40.2 Å². The van der Waals surface area contributed by atoms with Crippen LogP contribution in [0.5, 0.6) is 0 Å². The van der Waals surface area contributed by atoms with Crippen LogP contribution in [0.4, 0.5) is 0 Å². The van der Waals surface area contributed by atoms with Crippen molar-refractivity contribution in [2.75, 3.05) is 13.1 Å². The van der Waals surface area contributed by atoms with E-state index in [-0.39, 0.29) is 5.91 Å². The number of amides is 1. The molecule has 1 N–H and O–H groups in total. The summed E-state index contributed by atoms with van der Waals surface area (Å²) in [5.74, 6) is -0.217. The number of sulfonamides is 1. The number of aromatic nitrogens is 2. The first kappa shape index (κ1) is 20.4. The van der Waals surface area contributed by atoms with Crippen LogP contribution in [-0.2, 0) is 16.6 Å². The molecular formula is C22H24N4O3S. The van der Waals surface area contributed by atoms with Gasteiger partial charge in [-0.3, -0.25) is 4.79 Å². The molecule has 1 saturated heterocycles. The number of aryl methyl sites for hydroxylation is 2. The van der Waals surface area contributed by atoms with Crippen LogP contribution in [0.15, 0.2) is 47.4 Å². The van der Waals surface area contributed by atoms with E-state index in [1.165, 1.54) is 4.31 Å². The highest BCUT2D eigenvalue weighted by atomic mass is 32.2. The summed E-state index contributed by atoms with van der Waals surface area (Å²) in [7, 11) is -3.42. The Labute approximate surface area is 176 Å². The number of fused-ring (bicyclic) bond motifs is 1. The zero-order valence-electron chi connectivity index (χ0n) is 17.1. The Kier molecular flexibility index (Phi) is 5.53. The molecule has 1 aliphatic rings. The van der Waals surface area contributed by atoms with E-state index in [1.807, 2.05) is 13.8 Å². The van der Waals surface area contributed by atoms with Crippen molar-refractivity contribution in [3.63, 3.8) is 0 Å². The van der Waals surface area contributed by atoms with Crippen LogP contribution < -0.4 is 5.32 Å². The number of carbonyl (C=O) groups excluding carboxylic acids is 1. The van der Waals surface area contributed by atoms with Gasteiger partial charge in [0.2, 0.25) is 10.0 Å². The number of hydrogen-bond donors (Lipinski definition) is 1. The van der Waals surface area contributed by atoms with Gasteiger partial charge in [0.05, 0.1) is 27.3 Å². The average molecular weight is 425 g/mol. The lowest BCUT2D eigenvalue weighted by molar-refractivity contribution is 0.0951. The quantitative estimate of drug-likeness (QED) is 0.680. The number of hydrogen-bond acceptors (Lipinski definition) is 5. The molecular weight excluding hydrogens is 400 g/mol. The van der Waals surface area contributed by atoms with Gasteiger partial charge in [-0.25, -0.2) is 18.4 Å². The second-order valence-electron chi connectivity index (χ2n) is 7.54. The van der Waals surface area contributed by atoms with Crippen LogP contribution in [0.2, 0.25) is 0 Å². The molecule has 0 saturated carbocycles. The van der Waals surface area contributed by atoms with Gasteiger partial charge >= 0.3 is 0 Å². The van der Waals surface area contributed by atoms with E-state index < -0.39 is 10.0 Å². The normalized spacial score (nSPS) is 14.9. The zero-order valence-corrected chi connectivity index (χ0v) is 17.9. The van der Waals surface area contributed by atoms with E-state index in [0.29, 0.717) is 35.6 Å². The molecule has 1 amide bonds. The molecule has 2 aromatic carbocycles. The lowest BCUT2D eigenvalue weighted by Crippen LogP contribution is -2.28. The summed E-state index contributed by atoms with van der Waals surface area (Å²) >= 11 is 0. The van der Waals surface area contributed by atoms with E-state index >= 15 is 0 Å². The van der Waals surface area contributed by atoms with Crippen LogP contribution in [-0.4, -0.2) is 41.7 Å². The molecule has 4 rings (SSSR count). The molecule has 0 bridgehead atoms.